The Hall–Kier alpha value is -1.21. The number of anilines is 1. The van der Waals surface area contributed by atoms with E-state index < -0.39 is 4.92 Å². The van der Waals surface area contributed by atoms with E-state index in [1.807, 2.05) is 21.0 Å². The summed E-state index contributed by atoms with van der Waals surface area (Å²) in [6.45, 7) is 2.92. The molecule has 7 heteroatoms. The predicted octanol–water partition coefficient (Wildman–Crippen LogP) is 2.50. The summed E-state index contributed by atoms with van der Waals surface area (Å²) in [5.74, 6) is 0. The van der Waals surface area contributed by atoms with Crippen molar-refractivity contribution in [2.75, 3.05) is 26.0 Å². The van der Waals surface area contributed by atoms with E-state index in [0.29, 0.717) is 10.2 Å². The Bertz CT molecular complexity index is 426. The van der Waals surface area contributed by atoms with Crippen LogP contribution in [0.2, 0.25) is 0 Å². The minimum atomic E-state index is -0.432. The molecule has 0 amide bonds. The van der Waals surface area contributed by atoms with E-state index in [1.54, 1.807) is 6.20 Å². The van der Waals surface area contributed by atoms with E-state index in [1.165, 1.54) is 6.20 Å². The van der Waals surface area contributed by atoms with E-state index in [9.17, 15) is 10.1 Å². The summed E-state index contributed by atoms with van der Waals surface area (Å²) in [6, 6.07) is 0.143. The van der Waals surface area contributed by atoms with Crippen molar-refractivity contribution in [3.8, 4) is 0 Å². The summed E-state index contributed by atoms with van der Waals surface area (Å²) in [5.41, 5.74) is 0.474. The largest absolute Gasteiger partial charge is 0.376 e. The zero-order valence-electron chi connectivity index (χ0n) is 10.7. The van der Waals surface area contributed by atoms with Gasteiger partial charge in [0.1, 0.15) is 11.9 Å². The lowest BCUT2D eigenvalue weighted by Crippen LogP contribution is -2.23. The summed E-state index contributed by atoms with van der Waals surface area (Å²) in [4.78, 5) is 16.4. The molecule has 0 fully saturated rings. The van der Waals surface area contributed by atoms with Crippen LogP contribution in [0.1, 0.15) is 13.3 Å². The first kappa shape index (κ1) is 14.8. The first-order chi connectivity index (χ1) is 8.41. The third kappa shape index (κ3) is 4.23. The van der Waals surface area contributed by atoms with Gasteiger partial charge in [-0.15, -0.1) is 0 Å². The fraction of sp³-hybridized carbons (Fsp3) is 0.545. The third-order valence-corrected chi connectivity index (χ3v) is 3.08. The maximum atomic E-state index is 10.9. The number of hydrogen-bond donors (Lipinski definition) is 1. The van der Waals surface area contributed by atoms with Gasteiger partial charge in [-0.3, -0.25) is 15.1 Å². The SMILES string of the molecule is CC(CCN(C)C)Nc1c(Br)cncc1[N+](=O)[O-]. The molecule has 1 atom stereocenters. The lowest BCUT2D eigenvalue weighted by molar-refractivity contribution is -0.384. The molecular formula is C11H17BrN4O2. The van der Waals surface area contributed by atoms with Gasteiger partial charge < -0.3 is 10.2 Å². The van der Waals surface area contributed by atoms with E-state index in [4.69, 9.17) is 0 Å². The molecule has 18 heavy (non-hydrogen) atoms. The highest BCUT2D eigenvalue weighted by atomic mass is 79.9. The van der Waals surface area contributed by atoms with Gasteiger partial charge >= 0.3 is 5.69 Å². The minimum Gasteiger partial charge on any atom is -0.376 e. The Labute approximate surface area is 115 Å². The van der Waals surface area contributed by atoms with Gasteiger partial charge in [-0.1, -0.05) is 0 Å². The Morgan fingerprint density at radius 3 is 2.78 bits per heavy atom. The number of hydrogen-bond acceptors (Lipinski definition) is 5. The Morgan fingerprint density at radius 1 is 1.56 bits per heavy atom. The summed E-state index contributed by atoms with van der Waals surface area (Å²) in [5, 5.41) is 14.1. The highest BCUT2D eigenvalue weighted by Gasteiger charge is 2.18. The van der Waals surface area contributed by atoms with Crippen molar-refractivity contribution in [1.29, 1.82) is 0 Å². The van der Waals surface area contributed by atoms with Crippen LogP contribution in [-0.2, 0) is 0 Å². The molecule has 1 heterocycles. The van der Waals surface area contributed by atoms with Crippen LogP contribution >= 0.6 is 15.9 Å². The highest BCUT2D eigenvalue weighted by molar-refractivity contribution is 9.10. The Morgan fingerprint density at radius 2 is 2.22 bits per heavy atom. The standard InChI is InChI=1S/C11H17BrN4O2/c1-8(4-5-15(2)3)14-11-9(12)6-13-7-10(11)16(17)18/h6-8H,4-5H2,1-3H3,(H,13,14). The van der Waals surface area contributed by atoms with Crippen molar-refractivity contribution in [1.82, 2.24) is 9.88 Å². The van der Waals surface area contributed by atoms with Crippen molar-refractivity contribution < 1.29 is 4.92 Å². The molecule has 0 bridgehead atoms. The summed E-state index contributed by atoms with van der Waals surface area (Å²) in [7, 11) is 4.00. The molecule has 1 N–H and O–H groups in total. The maximum Gasteiger partial charge on any atom is 0.311 e. The van der Waals surface area contributed by atoms with E-state index >= 15 is 0 Å². The second kappa shape index (κ2) is 6.65. The van der Waals surface area contributed by atoms with Crippen LogP contribution < -0.4 is 5.32 Å². The zero-order chi connectivity index (χ0) is 13.7. The molecular weight excluding hydrogens is 300 g/mol. The first-order valence-corrected chi connectivity index (χ1v) is 6.40. The Balaban J connectivity index is 2.80. The monoisotopic (exact) mass is 316 g/mol. The molecule has 1 aromatic heterocycles. The van der Waals surface area contributed by atoms with Crippen LogP contribution in [0.25, 0.3) is 0 Å². The van der Waals surface area contributed by atoms with Crippen LogP contribution in [-0.4, -0.2) is 41.5 Å². The van der Waals surface area contributed by atoms with Gasteiger partial charge in [0.25, 0.3) is 0 Å². The summed E-state index contributed by atoms with van der Waals surface area (Å²) < 4.78 is 0.605. The average molecular weight is 317 g/mol. The lowest BCUT2D eigenvalue weighted by atomic mass is 10.2. The number of nitrogens with one attached hydrogen (secondary N) is 1. The number of halogens is 1. The predicted molar refractivity (Wildman–Crippen MR) is 74.8 cm³/mol. The van der Waals surface area contributed by atoms with Gasteiger partial charge in [0, 0.05) is 12.2 Å². The van der Waals surface area contributed by atoms with Crippen LogP contribution in [0.5, 0.6) is 0 Å². The lowest BCUT2D eigenvalue weighted by Gasteiger charge is -2.18. The van der Waals surface area contributed by atoms with E-state index in [0.717, 1.165) is 13.0 Å². The number of pyridine rings is 1. The van der Waals surface area contributed by atoms with E-state index in [-0.39, 0.29) is 11.7 Å². The maximum absolute atomic E-state index is 10.9. The smallest absolute Gasteiger partial charge is 0.311 e. The second-order valence-corrected chi connectivity index (χ2v) is 5.26. The first-order valence-electron chi connectivity index (χ1n) is 5.61. The molecule has 0 spiro atoms. The number of rotatable bonds is 6. The molecule has 0 aromatic carbocycles. The molecule has 100 valence electrons. The quantitative estimate of drug-likeness (QED) is 0.645. The molecule has 6 nitrogen and oxygen atoms in total. The van der Waals surface area contributed by atoms with Gasteiger partial charge in [0.2, 0.25) is 0 Å². The van der Waals surface area contributed by atoms with Gasteiger partial charge in [-0.2, -0.15) is 0 Å². The van der Waals surface area contributed by atoms with Crippen molar-refractivity contribution in [3.63, 3.8) is 0 Å². The summed E-state index contributed by atoms with van der Waals surface area (Å²) >= 11 is 3.28. The molecule has 0 saturated carbocycles. The second-order valence-electron chi connectivity index (χ2n) is 4.41. The molecule has 1 aromatic rings. The summed E-state index contributed by atoms with van der Waals surface area (Å²) in [6.07, 6.45) is 3.71. The third-order valence-electron chi connectivity index (χ3n) is 2.48. The van der Waals surface area contributed by atoms with Gasteiger partial charge in [0.15, 0.2) is 0 Å². The fourth-order valence-corrected chi connectivity index (χ4v) is 1.91. The van der Waals surface area contributed by atoms with Crippen molar-refractivity contribution in [2.45, 2.75) is 19.4 Å². The van der Waals surface area contributed by atoms with Crippen LogP contribution in [0.15, 0.2) is 16.9 Å². The zero-order valence-corrected chi connectivity index (χ0v) is 12.3. The number of nitrogens with zero attached hydrogens (tertiary/aromatic N) is 3. The van der Waals surface area contributed by atoms with Crippen LogP contribution in [0, 0.1) is 10.1 Å². The molecule has 0 radical (unpaired) electrons. The van der Waals surface area contributed by atoms with Crippen molar-refractivity contribution >= 4 is 27.3 Å². The number of aromatic nitrogens is 1. The molecule has 1 rings (SSSR count). The molecule has 1 unspecified atom stereocenters. The van der Waals surface area contributed by atoms with Crippen molar-refractivity contribution in [3.05, 3.63) is 27.0 Å². The van der Waals surface area contributed by atoms with Crippen molar-refractivity contribution in [2.24, 2.45) is 0 Å². The van der Waals surface area contributed by atoms with E-state index in [2.05, 4.69) is 31.1 Å². The number of nitro groups is 1. The van der Waals surface area contributed by atoms with Crippen LogP contribution in [0.4, 0.5) is 11.4 Å². The molecule has 0 aliphatic carbocycles. The van der Waals surface area contributed by atoms with Gasteiger partial charge in [0.05, 0.1) is 9.40 Å². The molecule has 0 saturated heterocycles. The van der Waals surface area contributed by atoms with Gasteiger partial charge in [-0.25, -0.2) is 0 Å². The average Bonchev–Trinajstić information content (AvgIpc) is 2.28. The fourth-order valence-electron chi connectivity index (χ4n) is 1.48. The van der Waals surface area contributed by atoms with Crippen LogP contribution in [0.3, 0.4) is 0 Å². The highest BCUT2D eigenvalue weighted by Crippen LogP contribution is 2.31. The Kier molecular flexibility index (Phi) is 5.49. The normalized spacial score (nSPS) is 12.5. The minimum absolute atomic E-state index is 0.0129. The molecule has 0 aliphatic heterocycles. The van der Waals surface area contributed by atoms with Gasteiger partial charge in [-0.05, 0) is 49.9 Å². The topological polar surface area (TPSA) is 71.3 Å². The molecule has 0 aliphatic rings.